The molecule has 122 valence electrons. The van der Waals surface area contributed by atoms with Gasteiger partial charge in [0.05, 0.1) is 6.61 Å². The van der Waals surface area contributed by atoms with Crippen molar-refractivity contribution in [3.8, 4) is 0 Å². The fraction of sp³-hybridized carbons (Fsp3) is 0.438. The highest BCUT2D eigenvalue weighted by atomic mass is 35.6. The highest BCUT2D eigenvalue weighted by Crippen LogP contribution is 2.28. The summed E-state index contributed by atoms with van der Waals surface area (Å²) in [4.78, 5) is 0. The van der Waals surface area contributed by atoms with Gasteiger partial charge in [0, 0.05) is 6.61 Å². The molecule has 1 aromatic carbocycles. The number of hydrogen-bond donors (Lipinski definition) is 1. The van der Waals surface area contributed by atoms with Crippen LogP contribution >= 0.6 is 34.8 Å². The van der Waals surface area contributed by atoms with E-state index in [1.807, 2.05) is 30.3 Å². The van der Waals surface area contributed by atoms with Crippen LogP contribution in [0.2, 0.25) is 0 Å². The van der Waals surface area contributed by atoms with Crippen LogP contribution in [0.4, 0.5) is 0 Å². The minimum absolute atomic E-state index is 0.336. The summed E-state index contributed by atoms with van der Waals surface area (Å²) in [7, 11) is 0. The smallest absolute Gasteiger partial charge is 0.265 e. The topological polar surface area (TPSA) is 42.3 Å². The molecule has 0 bridgehead atoms. The van der Waals surface area contributed by atoms with Gasteiger partial charge in [-0.25, -0.2) is 0 Å². The van der Waals surface area contributed by atoms with Crippen molar-refractivity contribution < 1.29 is 9.47 Å². The van der Waals surface area contributed by atoms with E-state index in [1.54, 1.807) is 6.08 Å². The van der Waals surface area contributed by atoms with Gasteiger partial charge < -0.3 is 9.47 Å². The summed E-state index contributed by atoms with van der Waals surface area (Å²) in [5.74, 6) is -0.386. The number of ether oxygens (including phenoxy) is 2. The van der Waals surface area contributed by atoms with Crippen LogP contribution in [0.3, 0.4) is 0 Å². The van der Waals surface area contributed by atoms with Gasteiger partial charge in [0.25, 0.3) is 3.79 Å². The zero-order valence-corrected chi connectivity index (χ0v) is 14.5. The molecule has 6 heteroatoms. The Kier molecular flexibility index (Phi) is 8.88. The molecule has 1 aromatic rings. The van der Waals surface area contributed by atoms with Crippen molar-refractivity contribution in [2.24, 2.45) is 0 Å². The van der Waals surface area contributed by atoms with Gasteiger partial charge in [0.2, 0.25) is 5.90 Å². The third-order valence-electron chi connectivity index (χ3n) is 2.93. The predicted molar refractivity (Wildman–Crippen MR) is 93.0 cm³/mol. The van der Waals surface area contributed by atoms with E-state index in [0.717, 1.165) is 18.4 Å². The van der Waals surface area contributed by atoms with E-state index in [2.05, 4.69) is 6.58 Å². The van der Waals surface area contributed by atoms with Crippen molar-refractivity contribution in [2.75, 3.05) is 6.61 Å². The van der Waals surface area contributed by atoms with Crippen molar-refractivity contribution in [2.45, 2.75) is 35.8 Å². The van der Waals surface area contributed by atoms with Gasteiger partial charge in [-0.05, 0) is 24.8 Å². The molecule has 0 spiro atoms. The summed E-state index contributed by atoms with van der Waals surface area (Å²) in [6.45, 7) is 4.95. The summed E-state index contributed by atoms with van der Waals surface area (Å²) in [6, 6.07) is 10.0. The highest BCUT2D eigenvalue weighted by molar-refractivity contribution is 6.76. The molecule has 1 N–H and O–H groups in total. The van der Waals surface area contributed by atoms with Gasteiger partial charge in [0.15, 0.2) is 0 Å². The molecule has 0 aliphatic heterocycles. The molecule has 3 nitrogen and oxygen atoms in total. The first-order chi connectivity index (χ1) is 10.4. The van der Waals surface area contributed by atoms with Gasteiger partial charge in [-0.3, -0.25) is 5.41 Å². The van der Waals surface area contributed by atoms with Crippen LogP contribution in [-0.2, 0) is 16.1 Å². The normalized spacial score (nSPS) is 12.7. The SMILES string of the molecule is C=CC(CCCCOCc1ccccc1)OC(=N)C(Cl)(Cl)Cl. The molecule has 22 heavy (non-hydrogen) atoms. The first-order valence-electron chi connectivity index (χ1n) is 7.00. The van der Waals surface area contributed by atoms with Gasteiger partial charge in [-0.2, -0.15) is 0 Å². The highest BCUT2D eigenvalue weighted by Gasteiger charge is 2.30. The first-order valence-corrected chi connectivity index (χ1v) is 8.13. The molecule has 0 fully saturated rings. The maximum absolute atomic E-state index is 7.52. The van der Waals surface area contributed by atoms with Crippen LogP contribution in [-0.4, -0.2) is 22.4 Å². The zero-order chi connectivity index (χ0) is 16.4. The molecule has 0 aliphatic carbocycles. The monoisotopic (exact) mass is 363 g/mol. The summed E-state index contributed by atoms with van der Waals surface area (Å²) in [5.41, 5.74) is 1.16. The standard InChI is InChI=1S/C16H20Cl3NO2/c1-2-14(22-15(20)16(17,18)19)10-6-7-11-21-12-13-8-4-3-5-9-13/h2-5,8-9,14,20H,1,6-7,10-12H2. The predicted octanol–water partition coefficient (Wildman–Crippen LogP) is 5.29. The lowest BCUT2D eigenvalue weighted by Crippen LogP contribution is -2.26. The number of benzene rings is 1. The Morgan fingerprint density at radius 3 is 2.50 bits per heavy atom. The molecule has 1 atom stereocenters. The molecular formula is C16H20Cl3NO2. The van der Waals surface area contributed by atoms with Crippen LogP contribution in [0, 0.1) is 5.41 Å². The lowest BCUT2D eigenvalue weighted by atomic mass is 10.1. The minimum Gasteiger partial charge on any atom is -0.471 e. The van der Waals surface area contributed by atoms with E-state index < -0.39 is 3.79 Å². The summed E-state index contributed by atoms with van der Waals surface area (Å²) in [5, 5.41) is 7.52. The Bertz CT molecular complexity index is 460. The third kappa shape index (κ3) is 8.04. The number of rotatable bonds is 9. The minimum atomic E-state index is -1.83. The molecule has 0 aliphatic rings. The molecule has 0 saturated heterocycles. The van der Waals surface area contributed by atoms with Crippen molar-refractivity contribution >= 4 is 40.7 Å². The Labute approximate surface area is 146 Å². The van der Waals surface area contributed by atoms with Crippen molar-refractivity contribution in [3.63, 3.8) is 0 Å². The number of alkyl halides is 3. The van der Waals surface area contributed by atoms with Gasteiger partial charge in [-0.1, -0.05) is 77.8 Å². The maximum atomic E-state index is 7.52. The Balaban J connectivity index is 2.14. The molecule has 1 rings (SSSR count). The van der Waals surface area contributed by atoms with Gasteiger partial charge in [-0.15, -0.1) is 0 Å². The molecule has 0 saturated carbocycles. The van der Waals surface area contributed by atoms with Crippen LogP contribution in [0.15, 0.2) is 43.0 Å². The van der Waals surface area contributed by atoms with E-state index in [0.29, 0.717) is 19.6 Å². The number of unbranched alkanes of at least 4 members (excludes halogenated alkanes) is 1. The van der Waals surface area contributed by atoms with Crippen LogP contribution < -0.4 is 0 Å². The lowest BCUT2D eigenvalue weighted by Gasteiger charge is -2.19. The van der Waals surface area contributed by atoms with Gasteiger partial charge in [0.1, 0.15) is 6.10 Å². The Morgan fingerprint density at radius 1 is 1.23 bits per heavy atom. The molecule has 0 radical (unpaired) electrons. The fourth-order valence-electron chi connectivity index (χ4n) is 1.76. The molecule has 0 amide bonds. The second-order valence-electron chi connectivity index (χ2n) is 4.75. The van der Waals surface area contributed by atoms with Crippen LogP contribution in [0.5, 0.6) is 0 Å². The third-order valence-corrected chi connectivity index (χ3v) is 3.44. The van der Waals surface area contributed by atoms with E-state index in [-0.39, 0.29) is 12.0 Å². The maximum Gasteiger partial charge on any atom is 0.265 e. The van der Waals surface area contributed by atoms with E-state index in [1.165, 1.54) is 0 Å². The number of hydrogen-bond acceptors (Lipinski definition) is 3. The van der Waals surface area contributed by atoms with Crippen molar-refractivity contribution in [1.29, 1.82) is 5.41 Å². The first kappa shape index (κ1) is 19.3. The molecular weight excluding hydrogens is 345 g/mol. The second-order valence-corrected chi connectivity index (χ2v) is 7.03. The summed E-state index contributed by atoms with van der Waals surface area (Å²) in [6.07, 6.45) is 3.73. The average Bonchev–Trinajstić information content (AvgIpc) is 2.49. The van der Waals surface area contributed by atoms with Crippen LogP contribution in [0.1, 0.15) is 24.8 Å². The molecule has 0 aromatic heterocycles. The summed E-state index contributed by atoms with van der Waals surface area (Å²) < 4.78 is 9.03. The lowest BCUT2D eigenvalue weighted by molar-refractivity contribution is 0.113. The van der Waals surface area contributed by atoms with E-state index in [4.69, 9.17) is 49.7 Å². The van der Waals surface area contributed by atoms with Crippen molar-refractivity contribution in [1.82, 2.24) is 0 Å². The fourth-order valence-corrected chi connectivity index (χ4v) is 1.89. The van der Waals surface area contributed by atoms with E-state index in [9.17, 15) is 0 Å². The number of nitrogens with one attached hydrogen (secondary N) is 1. The average molecular weight is 365 g/mol. The van der Waals surface area contributed by atoms with Crippen molar-refractivity contribution in [3.05, 3.63) is 48.6 Å². The van der Waals surface area contributed by atoms with Gasteiger partial charge >= 0.3 is 0 Å². The Morgan fingerprint density at radius 2 is 1.91 bits per heavy atom. The molecule has 1 unspecified atom stereocenters. The second kappa shape index (κ2) is 10.1. The zero-order valence-electron chi connectivity index (χ0n) is 12.2. The summed E-state index contributed by atoms with van der Waals surface area (Å²) >= 11 is 16.7. The largest absolute Gasteiger partial charge is 0.471 e. The Hall–Kier alpha value is -0.740. The van der Waals surface area contributed by atoms with Crippen LogP contribution in [0.25, 0.3) is 0 Å². The quantitative estimate of drug-likeness (QED) is 0.213. The molecule has 0 heterocycles. The van der Waals surface area contributed by atoms with E-state index >= 15 is 0 Å². The number of halogens is 3.